The Morgan fingerprint density at radius 2 is 2.28 bits per heavy atom. The second kappa shape index (κ2) is 5.10. The Labute approximate surface area is 109 Å². The smallest absolute Gasteiger partial charge is 0.256 e. The highest BCUT2D eigenvalue weighted by Gasteiger charge is 2.09. The fourth-order valence-corrected chi connectivity index (χ4v) is 1.60. The molecular formula is C12H13ClN4O. The van der Waals surface area contributed by atoms with Crippen molar-refractivity contribution in [1.29, 1.82) is 0 Å². The van der Waals surface area contributed by atoms with Crippen molar-refractivity contribution in [1.82, 2.24) is 10.2 Å². The Bertz CT molecular complexity index is 579. The second-order valence-electron chi connectivity index (χ2n) is 3.82. The molecule has 2 aromatic rings. The molecule has 6 heteroatoms. The molecule has 4 N–H and O–H groups in total. The van der Waals surface area contributed by atoms with Crippen molar-refractivity contribution in [3.63, 3.8) is 0 Å². The van der Waals surface area contributed by atoms with Crippen molar-refractivity contribution >= 4 is 29.0 Å². The van der Waals surface area contributed by atoms with Crippen LogP contribution in [0.5, 0.6) is 0 Å². The van der Waals surface area contributed by atoms with Crippen molar-refractivity contribution in [2.75, 3.05) is 11.1 Å². The van der Waals surface area contributed by atoms with E-state index in [4.69, 9.17) is 17.3 Å². The first-order chi connectivity index (χ1) is 8.60. The number of hydrogen-bond donors (Lipinski definition) is 3. The van der Waals surface area contributed by atoms with Crippen LogP contribution in [0.25, 0.3) is 0 Å². The number of benzene rings is 1. The summed E-state index contributed by atoms with van der Waals surface area (Å²) in [4.78, 5) is 11.9. The van der Waals surface area contributed by atoms with Gasteiger partial charge in [-0.25, -0.2) is 0 Å². The van der Waals surface area contributed by atoms with Crippen molar-refractivity contribution < 1.29 is 4.79 Å². The molecule has 0 saturated heterocycles. The van der Waals surface area contributed by atoms with Crippen LogP contribution in [0, 0.1) is 0 Å². The van der Waals surface area contributed by atoms with Gasteiger partial charge in [-0.1, -0.05) is 18.5 Å². The monoisotopic (exact) mass is 264 g/mol. The number of aryl methyl sites for hydroxylation is 1. The average molecular weight is 265 g/mol. The first-order valence-corrected chi connectivity index (χ1v) is 5.88. The molecule has 1 heterocycles. The molecule has 1 aromatic heterocycles. The lowest BCUT2D eigenvalue weighted by atomic mass is 10.2. The molecule has 1 aromatic carbocycles. The minimum absolute atomic E-state index is 0.271. The zero-order chi connectivity index (χ0) is 13.1. The van der Waals surface area contributed by atoms with E-state index in [9.17, 15) is 4.79 Å². The molecule has 0 aliphatic heterocycles. The fourth-order valence-electron chi connectivity index (χ4n) is 1.48. The first kappa shape index (κ1) is 12.4. The Hall–Kier alpha value is -2.01. The molecule has 0 saturated carbocycles. The molecule has 0 unspecified atom stereocenters. The van der Waals surface area contributed by atoms with E-state index in [2.05, 4.69) is 15.5 Å². The van der Waals surface area contributed by atoms with Gasteiger partial charge in [0.2, 0.25) is 0 Å². The van der Waals surface area contributed by atoms with Crippen molar-refractivity contribution in [3.8, 4) is 0 Å². The summed E-state index contributed by atoms with van der Waals surface area (Å²) in [6, 6.07) is 6.53. The predicted octanol–water partition coefficient (Wildman–Crippen LogP) is 2.46. The Morgan fingerprint density at radius 1 is 1.50 bits per heavy atom. The van der Waals surface area contributed by atoms with E-state index >= 15 is 0 Å². The number of H-pyrrole nitrogens is 1. The minimum atomic E-state index is -0.271. The summed E-state index contributed by atoms with van der Waals surface area (Å²) in [6.07, 6.45) is 0.830. The zero-order valence-electron chi connectivity index (χ0n) is 9.83. The van der Waals surface area contributed by atoms with Gasteiger partial charge in [0.1, 0.15) is 0 Å². The van der Waals surface area contributed by atoms with E-state index in [1.54, 1.807) is 18.2 Å². The van der Waals surface area contributed by atoms with Gasteiger partial charge in [-0.05, 0) is 24.6 Å². The summed E-state index contributed by atoms with van der Waals surface area (Å²) in [7, 11) is 0. The lowest BCUT2D eigenvalue weighted by Gasteiger charge is -2.03. The highest BCUT2D eigenvalue weighted by atomic mass is 35.5. The van der Waals surface area contributed by atoms with Crippen LogP contribution in [0.3, 0.4) is 0 Å². The second-order valence-corrected chi connectivity index (χ2v) is 4.23. The number of aromatic amines is 1. The largest absolute Gasteiger partial charge is 0.398 e. The molecule has 94 valence electrons. The van der Waals surface area contributed by atoms with Gasteiger partial charge in [0.15, 0.2) is 5.82 Å². The number of aromatic nitrogens is 2. The Balaban J connectivity index is 2.14. The van der Waals surface area contributed by atoms with E-state index in [-0.39, 0.29) is 5.91 Å². The third kappa shape index (κ3) is 2.62. The average Bonchev–Trinajstić information content (AvgIpc) is 2.80. The highest BCUT2D eigenvalue weighted by Crippen LogP contribution is 2.20. The third-order valence-electron chi connectivity index (χ3n) is 2.51. The highest BCUT2D eigenvalue weighted by molar-refractivity contribution is 6.33. The summed E-state index contributed by atoms with van der Waals surface area (Å²) < 4.78 is 0. The van der Waals surface area contributed by atoms with Gasteiger partial charge < -0.3 is 11.1 Å². The van der Waals surface area contributed by atoms with Gasteiger partial charge in [-0.15, -0.1) is 0 Å². The van der Waals surface area contributed by atoms with Crippen LogP contribution in [-0.2, 0) is 6.42 Å². The van der Waals surface area contributed by atoms with Crippen LogP contribution in [0.1, 0.15) is 23.0 Å². The van der Waals surface area contributed by atoms with Crippen LogP contribution >= 0.6 is 11.6 Å². The van der Waals surface area contributed by atoms with E-state index in [1.807, 2.05) is 6.92 Å². The molecule has 0 spiro atoms. The van der Waals surface area contributed by atoms with Crippen LogP contribution in [0.2, 0.25) is 5.02 Å². The zero-order valence-corrected chi connectivity index (χ0v) is 10.6. The quantitative estimate of drug-likeness (QED) is 0.745. The Morgan fingerprint density at radius 3 is 2.89 bits per heavy atom. The van der Waals surface area contributed by atoms with Crippen LogP contribution in [-0.4, -0.2) is 16.1 Å². The number of carbonyl (C=O) groups is 1. The van der Waals surface area contributed by atoms with Gasteiger partial charge in [0.05, 0.1) is 10.7 Å². The van der Waals surface area contributed by atoms with Crippen LogP contribution < -0.4 is 11.1 Å². The number of nitrogens with one attached hydrogen (secondary N) is 2. The number of amides is 1. The number of rotatable bonds is 3. The SMILES string of the molecule is CCc1cc(NC(=O)c2ccc(Cl)c(N)c2)n[nH]1. The summed E-state index contributed by atoms with van der Waals surface area (Å²) >= 11 is 5.79. The lowest BCUT2D eigenvalue weighted by molar-refractivity contribution is 0.102. The molecule has 1 amide bonds. The molecule has 0 radical (unpaired) electrons. The van der Waals surface area contributed by atoms with Crippen LogP contribution in [0.4, 0.5) is 11.5 Å². The lowest BCUT2D eigenvalue weighted by Crippen LogP contribution is -2.12. The van der Waals surface area contributed by atoms with E-state index in [0.717, 1.165) is 12.1 Å². The van der Waals surface area contributed by atoms with Gasteiger partial charge in [0, 0.05) is 17.3 Å². The van der Waals surface area contributed by atoms with Crippen molar-refractivity contribution in [2.45, 2.75) is 13.3 Å². The molecule has 0 bridgehead atoms. The summed E-state index contributed by atoms with van der Waals surface area (Å²) in [5.74, 6) is 0.220. The van der Waals surface area contributed by atoms with Crippen molar-refractivity contribution in [3.05, 3.63) is 40.5 Å². The maximum absolute atomic E-state index is 11.9. The fraction of sp³-hybridized carbons (Fsp3) is 0.167. The summed E-state index contributed by atoms with van der Waals surface area (Å²) in [6.45, 7) is 2.00. The molecule has 0 aliphatic carbocycles. The van der Waals surface area contributed by atoms with E-state index in [0.29, 0.717) is 22.1 Å². The predicted molar refractivity (Wildman–Crippen MR) is 71.8 cm³/mol. The maximum Gasteiger partial charge on any atom is 0.256 e. The van der Waals surface area contributed by atoms with Gasteiger partial charge in [0.25, 0.3) is 5.91 Å². The molecule has 18 heavy (non-hydrogen) atoms. The van der Waals surface area contributed by atoms with Crippen LogP contribution in [0.15, 0.2) is 24.3 Å². The molecule has 2 rings (SSSR count). The van der Waals surface area contributed by atoms with E-state index < -0.39 is 0 Å². The third-order valence-corrected chi connectivity index (χ3v) is 2.86. The number of nitrogens with zero attached hydrogens (tertiary/aromatic N) is 1. The molecule has 0 aliphatic rings. The molecular weight excluding hydrogens is 252 g/mol. The summed E-state index contributed by atoms with van der Waals surface area (Å²) in [5, 5.41) is 9.91. The van der Waals surface area contributed by atoms with E-state index in [1.165, 1.54) is 6.07 Å². The van der Waals surface area contributed by atoms with Gasteiger partial charge in [-0.2, -0.15) is 5.10 Å². The number of carbonyl (C=O) groups excluding carboxylic acids is 1. The van der Waals surface area contributed by atoms with Crippen molar-refractivity contribution in [2.24, 2.45) is 0 Å². The molecule has 0 fully saturated rings. The Kier molecular flexibility index (Phi) is 3.53. The number of halogens is 1. The minimum Gasteiger partial charge on any atom is -0.398 e. The first-order valence-electron chi connectivity index (χ1n) is 5.51. The normalized spacial score (nSPS) is 10.3. The number of nitrogen functional groups attached to an aromatic ring is 1. The maximum atomic E-state index is 11.9. The van der Waals surface area contributed by atoms with Gasteiger partial charge >= 0.3 is 0 Å². The summed E-state index contributed by atoms with van der Waals surface area (Å²) in [5.41, 5.74) is 7.42. The molecule has 5 nitrogen and oxygen atoms in total. The standard InChI is InChI=1S/C12H13ClN4O/c1-2-8-6-11(17-16-8)15-12(18)7-3-4-9(13)10(14)5-7/h3-6H,2,14H2,1H3,(H2,15,16,17,18). The number of nitrogens with two attached hydrogens (primary N) is 1. The number of anilines is 2. The number of hydrogen-bond acceptors (Lipinski definition) is 3. The molecule has 0 atom stereocenters. The topological polar surface area (TPSA) is 83.8 Å². The van der Waals surface area contributed by atoms with Gasteiger partial charge in [-0.3, -0.25) is 9.89 Å².